The molecule has 16 heteroatoms. The molecular formula is C48H59N9O7. The zero-order valence-electron chi connectivity index (χ0n) is 35.9. The van der Waals surface area contributed by atoms with Gasteiger partial charge in [0.1, 0.15) is 30.2 Å². The third kappa shape index (κ3) is 14.3. The first-order valence-corrected chi connectivity index (χ1v) is 21.4. The van der Waals surface area contributed by atoms with Crippen molar-refractivity contribution in [3.63, 3.8) is 0 Å². The predicted octanol–water partition coefficient (Wildman–Crippen LogP) is 1.18. The Hall–Kier alpha value is -6.88. The van der Waals surface area contributed by atoms with E-state index in [0.717, 1.165) is 22.0 Å². The maximum Gasteiger partial charge on any atom is 0.243 e. The zero-order valence-corrected chi connectivity index (χ0v) is 35.9. The predicted molar refractivity (Wildman–Crippen MR) is 244 cm³/mol. The Kier molecular flexibility index (Phi) is 18.1. The lowest BCUT2D eigenvalue weighted by Crippen LogP contribution is -2.61. The Morgan fingerprint density at radius 3 is 1.50 bits per heavy atom. The van der Waals surface area contributed by atoms with Crippen molar-refractivity contribution in [3.8, 4) is 0 Å². The van der Waals surface area contributed by atoms with Gasteiger partial charge in [0.2, 0.25) is 35.4 Å². The van der Waals surface area contributed by atoms with Gasteiger partial charge in [-0.2, -0.15) is 0 Å². The Balaban J connectivity index is 1.44. The second kappa shape index (κ2) is 24.1. The summed E-state index contributed by atoms with van der Waals surface area (Å²) >= 11 is 0. The number of para-hydroxylation sites is 1. The van der Waals surface area contributed by atoms with Crippen molar-refractivity contribution in [1.29, 1.82) is 0 Å². The molecule has 0 saturated carbocycles. The monoisotopic (exact) mass is 873 g/mol. The smallest absolute Gasteiger partial charge is 0.243 e. The minimum atomic E-state index is -1.43. The van der Waals surface area contributed by atoms with Crippen LogP contribution in [0.1, 0.15) is 48.4 Å². The summed E-state index contributed by atoms with van der Waals surface area (Å²) in [7, 11) is 0. The van der Waals surface area contributed by atoms with Gasteiger partial charge in [0, 0.05) is 36.4 Å². The first-order chi connectivity index (χ1) is 30.8. The van der Waals surface area contributed by atoms with E-state index in [-0.39, 0.29) is 32.1 Å². The van der Waals surface area contributed by atoms with E-state index >= 15 is 0 Å². The number of primary amides is 1. The highest BCUT2D eigenvalue weighted by Gasteiger charge is 2.34. The molecule has 0 fully saturated rings. The Labute approximate surface area is 372 Å². The Bertz CT molecular complexity index is 2310. The summed E-state index contributed by atoms with van der Waals surface area (Å²) in [5, 5.41) is 24.7. The van der Waals surface area contributed by atoms with E-state index in [1.54, 1.807) is 30.5 Å². The highest BCUT2D eigenvalue weighted by atomic mass is 16.3. The van der Waals surface area contributed by atoms with Crippen LogP contribution in [-0.4, -0.2) is 94.4 Å². The summed E-state index contributed by atoms with van der Waals surface area (Å²) in [5.74, 6) is -4.39. The zero-order chi connectivity index (χ0) is 46.0. The summed E-state index contributed by atoms with van der Waals surface area (Å²) in [4.78, 5) is 85.9. The number of aromatic nitrogens is 1. The number of hydrogen-bond donors (Lipinski definition) is 10. The molecule has 0 spiro atoms. The largest absolute Gasteiger partial charge is 0.391 e. The number of nitrogens with one attached hydrogen (secondary N) is 6. The fourth-order valence-electron chi connectivity index (χ4n) is 7.35. The molecule has 16 nitrogen and oxygen atoms in total. The number of aliphatic hydroxyl groups excluding tert-OH is 1. The SMILES string of the molecule is C[C@@H](O)[C@H](NC(=O)[C@H](CCCCN)NC(=O)[C@@H](Cc1c[nH]c2ccccc12)NC(=O)[C@H](Cc1ccccc1)NC(=O)[C@H](Cc1ccccc1)NC(=O)[C@H](N)Cc1ccccc1)C(N)=O. The minimum Gasteiger partial charge on any atom is -0.391 e. The van der Waals surface area contributed by atoms with Gasteiger partial charge in [-0.1, -0.05) is 109 Å². The van der Waals surface area contributed by atoms with Gasteiger partial charge < -0.3 is 53.9 Å². The van der Waals surface area contributed by atoms with Crippen LogP contribution in [0.4, 0.5) is 0 Å². The first-order valence-electron chi connectivity index (χ1n) is 21.4. The number of carbonyl (C=O) groups is 6. The van der Waals surface area contributed by atoms with Gasteiger partial charge in [0.25, 0.3) is 0 Å². The normalized spacial score (nSPS) is 14.4. The molecule has 0 saturated heterocycles. The molecule has 1 aromatic heterocycles. The molecule has 1 heterocycles. The molecular weight excluding hydrogens is 815 g/mol. The molecule has 0 unspecified atom stereocenters. The molecule has 0 radical (unpaired) electrons. The van der Waals surface area contributed by atoms with Gasteiger partial charge in [-0.05, 0) is 67.5 Å². The number of hydrogen-bond acceptors (Lipinski definition) is 9. The Morgan fingerprint density at radius 2 is 1.00 bits per heavy atom. The molecule has 338 valence electrons. The third-order valence-corrected chi connectivity index (χ3v) is 10.9. The van der Waals surface area contributed by atoms with E-state index in [1.165, 1.54) is 6.92 Å². The highest BCUT2D eigenvalue weighted by molar-refractivity contribution is 5.97. The number of aliphatic hydroxyl groups is 1. The lowest BCUT2D eigenvalue weighted by molar-refractivity contribution is -0.135. The first kappa shape index (κ1) is 48.2. The summed E-state index contributed by atoms with van der Waals surface area (Å²) in [5.41, 5.74) is 21.3. The fourth-order valence-corrected chi connectivity index (χ4v) is 7.35. The van der Waals surface area contributed by atoms with E-state index in [0.29, 0.717) is 30.5 Å². The molecule has 0 bridgehead atoms. The van der Waals surface area contributed by atoms with Gasteiger partial charge in [0.05, 0.1) is 12.1 Å². The van der Waals surface area contributed by atoms with Gasteiger partial charge in [-0.3, -0.25) is 28.8 Å². The topological polar surface area (TPSA) is 277 Å². The second-order valence-electron chi connectivity index (χ2n) is 15.9. The molecule has 0 aliphatic rings. The van der Waals surface area contributed by atoms with Crippen LogP contribution in [0.3, 0.4) is 0 Å². The van der Waals surface area contributed by atoms with Crippen LogP contribution in [0.2, 0.25) is 0 Å². The molecule has 4 aromatic carbocycles. The number of H-pyrrole nitrogens is 1. The molecule has 6 amide bonds. The number of fused-ring (bicyclic) bond motifs is 1. The number of nitrogens with two attached hydrogens (primary N) is 3. The molecule has 13 N–H and O–H groups in total. The van der Waals surface area contributed by atoms with Crippen LogP contribution in [-0.2, 0) is 54.5 Å². The number of rotatable bonds is 24. The quantitative estimate of drug-likeness (QED) is 0.0398. The Morgan fingerprint density at radius 1 is 0.562 bits per heavy atom. The highest BCUT2D eigenvalue weighted by Crippen LogP contribution is 2.20. The van der Waals surface area contributed by atoms with Crippen molar-refractivity contribution in [1.82, 2.24) is 31.6 Å². The minimum absolute atomic E-state index is 0.0112. The lowest BCUT2D eigenvalue weighted by atomic mass is 10.00. The molecule has 5 aromatic rings. The average molecular weight is 874 g/mol. The van der Waals surface area contributed by atoms with Gasteiger partial charge in [-0.25, -0.2) is 0 Å². The van der Waals surface area contributed by atoms with E-state index in [9.17, 15) is 33.9 Å². The van der Waals surface area contributed by atoms with Crippen LogP contribution in [0.25, 0.3) is 10.9 Å². The van der Waals surface area contributed by atoms with Crippen molar-refractivity contribution in [2.45, 2.75) is 94.2 Å². The van der Waals surface area contributed by atoms with E-state index < -0.39 is 77.8 Å². The molecule has 0 aliphatic heterocycles. The fraction of sp³-hybridized carbons (Fsp3) is 0.333. The van der Waals surface area contributed by atoms with Crippen molar-refractivity contribution in [3.05, 3.63) is 144 Å². The summed E-state index contributed by atoms with van der Waals surface area (Å²) in [6, 6.07) is 27.5. The lowest BCUT2D eigenvalue weighted by Gasteiger charge is -2.28. The second-order valence-corrected chi connectivity index (χ2v) is 15.9. The van der Waals surface area contributed by atoms with E-state index in [1.807, 2.05) is 91.0 Å². The number of amides is 6. The van der Waals surface area contributed by atoms with Crippen LogP contribution < -0.4 is 43.8 Å². The van der Waals surface area contributed by atoms with Crippen molar-refractivity contribution in [2.75, 3.05) is 6.54 Å². The number of aromatic amines is 1. The standard InChI is InChI=1S/C48H59N9O7/c1-30(58)42(43(51)59)57-45(61)38(23-13-14-24-49)53-48(64)41(28-34-29-52-37-22-12-11-21-35(34)37)56-47(63)40(27-33-19-9-4-10-20-33)55-46(62)39(26-32-17-7-3-8-18-32)54-44(60)36(50)25-31-15-5-2-6-16-31/h2-12,15-22,29-30,36,38-42,52,58H,13-14,23-28,49-50H2,1H3,(H2,51,59)(H,53,64)(H,54,60)(H,55,62)(H,56,63)(H,57,61)/t30-,36-,38+,39+,40+,41-,42+/m1/s1. The number of carbonyl (C=O) groups excluding carboxylic acids is 6. The number of benzene rings is 4. The summed E-state index contributed by atoms with van der Waals surface area (Å²) in [6.07, 6.45) is 1.76. The molecule has 64 heavy (non-hydrogen) atoms. The van der Waals surface area contributed by atoms with Crippen molar-refractivity contribution >= 4 is 46.3 Å². The van der Waals surface area contributed by atoms with Crippen molar-refractivity contribution in [2.24, 2.45) is 17.2 Å². The molecule has 0 aliphatic carbocycles. The molecule has 7 atom stereocenters. The van der Waals surface area contributed by atoms with E-state index in [4.69, 9.17) is 17.2 Å². The molecule has 5 rings (SSSR count). The van der Waals surface area contributed by atoms with Gasteiger partial charge >= 0.3 is 0 Å². The number of unbranched alkanes of at least 4 members (excludes halogenated alkanes) is 1. The summed E-state index contributed by atoms with van der Waals surface area (Å²) < 4.78 is 0. The van der Waals surface area contributed by atoms with Crippen LogP contribution in [0, 0.1) is 0 Å². The third-order valence-electron chi connectivity index (χ3n) is 10.9. The van der Waals surface area contributed by atoms with Gasteiger partial charge in [-0.15, -0.1) is 0 Å². The maximum atomic E-state index is 14.6. The van der Waals surface area contributed by atoms with Crippen LogP contribution in [0.15, 0.2) is 121 Å². The van der Waals surface area contributed by atoms with Crippen molar-refractivity contribution < 1.29 is 33.9 Å². The summed E-state index contributed by atoms with van der Waals surface area (Å²) in [6.45, 7) is 1.62. The average Bonchev–Trinajstić information content (AvgIpc) is 3.70. The van der Waals surface area contributed by atoms with E-state index in [2.05, 4.69) is 31.6 Å². The van der Waals surface area contributed by atoms with Crippen LogP contribution >= 0.6 is 0 Å². The van der Waals surface area contributed by atoms with Crippen LogP contribution in [0.5, 0.6) is 0 Å². The maximum absolute atomic E-state index is 14.6. The van der Waals surface area contributed by atoms with Gasteiger partial charge in [0.15, 0.2) is 0 Å².